The third-order valence-corrected chi connectivity index (χ3v) is 2.98. The first kappa shape index (κ1) is 11.5. The zero-order valence-electron chi connectivity index (χ0n) is 9.69. The minimum absolute atomic E-state index is 0.309. The third kappa shape index (κ3) is 3.02. The molecule has 2 rings (SSSR count). The molecule has 0 radical (unpaired) electrons. The first-order valence-corrected chi connectivity index (χ1v) is 5.96. The second kappa shape index (κ2) is 5.41. The summed E-state index contributed by atoms with van der Waals surface area (Å²) in [6.07, 6.45) is 5.27. The highest BCUT2D eigenvalue weighted by Gasteiger charge is 2.19. The first-order chi connectivity index (χ1) is 7.78. The Labute approximate surface area is 95.3 Å². The van der Waals surface area contributed by atoms with Crippen LogP contribution in [0.4, 0.5) is 0 Å². The lowest BCUT2D eigenvalue weighted by Gasteiger charge is -2.25. The largest absolute Gasteiger partial charge is 0.370 e. The molecule has 5 nitrogen and oxygen atoms in total. The fourth-order valence-electron chi connectivity index (χ4n) is 1.94. The number of ether oxygens (including phenoxy) is 1. The zero-order chi connectivity index (χ0) is 11.4. The SMILES string of the molecule is CCc1nc(COC2CCC(N)CC2)no1. The highest BCUT2D eigenvalue weighted by molar-refractivity contribution is 4.84. The van der Waals surface area contributed by atoms with Gasteiger partial charge in [-0.15, -0.1) is 0 Å². The predicted octanol–water partition coefficient (Wildman–Crippen LogP) is 1.42. The molecule has 0 aliphatic heterocycles. The molecule has 0 unspecified atom stereocenters. The van der Waals surface area contributed by atoms with E-state index in [0.717, 1.165) is 32.1 Å². The summed E-state index contributed by atoms with van der Waals surface area (Å²) in [6.45, 7) is 2.43. The second-order valence-corrected chi connectivity index (χ2v) is 4.31. The van der Waals surface area contributed by atoms with Gasteiger partial charge in [-0.1, -0.05) is 12.1 Å². The molecule has 1 aromatic heterocycles. The van der Waals surface area contributed by atoms with Gasteiger partial charge in [0, 0.05) is 12.5 Å². The highest BCUT2D eigenvalue weighted by Crippen LogP contribution is 2.20. The molecular weight excluding hydrogens is 206 g/mol. The second-order valence-electron chi connectivity index (χ2n) is 4.31. The quantitative estimate of drug-likeness (QED) is 0.838. The number of aryl methyl sites for hydroxylation is 1. The Morgan fingerprint density at radius 3 is 2.75 bits per heavy atom. The fraction of sp³-hybridized carbons (Fsp3) is 0.818. The van der Waals surface area contributed by atoms with Gasteiger partial charge in [0.15, 0.2) is 5.82 Å². The van der Waals surface area contributed by atoms with Gasteiger partial charge in [-0.05, 0) is 25.7 Å². The predicted molar refractivity (Wildman–Crippen MR) is 58.7 cm³/mol. The Hall–Kier alpha value is -0.940. The van der Waals surface area contributed by atoms with Crippen molar-refractivity contribution in [1.29, 1.82) is 0 Å². The molecule has 1 saturated carbocycles. The molecule has 0 saturated heterocycles. The molecule has 0 amide bonds. The van der Waals surface area contributed by atoms with Crippen LogP contribution in [0.1, 0.15) is 44.3 Å². The van der Waals surface area contributed by atoms with E-state index < -0.39 is 0 Å². The lowest BCUT2D eigenvalue weighted by atomic mass is 9.94. The van der Waals surface area contributed by atoms with Gasteiger partial charge in [0.05, 0.1) is 6.10 Å². The van der Waals surface area contributed by atoms with Crippen LogP contribution in [-0.2, 0) is 17.8 Å². The summed E-state index contributed by atoms with van der Waals surface area (Å²) in [7, 11) is 0. The van der Waals surface area contributed by atoms with E-state index in [-0.39, 0.29) is 0 Å². The lowest BCUT2D eigenvalue weighted by Crippen LogP contribution is -2.30. The molecule has 1 aromatic rings. The summed E-state index contributed by atoms with van der Waals surface area (Å²) in [4.78, 5) is 4.20. The normalized spacial score (nSPS) is 25.9. The van der Waals surface area contributed by atoms with Crippen LogP contribution in [-0.4, -0.2) is 22.3 Å². The van der Waals surface area contributed by atoms with Crippen molar-refractivity contribution >= 4 is 0 Å². The van der Waals surface area contributed by atoms with Crippen molar-refractivity contribution in [3.63, 3.8) is 0 Å². The summed E-state index contributed by atoms with van der Waals surface area (Å²) >= 11 is 0. The van der Waals surface area contributed by atoms with Gasteiger partial charge in [-0.3, -0.25) is 0 Å². The van der Waals surface area contributed by atoms with E-state index in [1.807, 2.05) is 6.92 Å². The summed E-state index contributed by atoms with van der Waals surface area (Å²) in [5, 5.41) is 3.85. The van der Waals surface area contributed by atoms with Crippen LogP contribution in [0.2, 0.25) is 0 Å². The van der Waals surface area contributed by atoms with Crippen LogP contribution in [0, 0.1) is 0 Å². The standard InChI is InChI=1S/C11H19N3O2/c1-2-11-13-10(14-16-11)7-15-9-5-3-8(12)4-6-9/h8-9H,2-7,12H2,1H3. The molecule has 1 heterocycles. The maximum absolute atomic E-state index is 5.83. The van der Waals surface area contributed by atoms with E-state index in [2.05, 4.69) is 10.1 Å². The van der Waals surface area contributed by atoms with Gasteiger partial charge >= 0.3 is 0 Å². The van der Waals surface area contributed by atoms with Crippen molar-refractivity contribution in [2.75, 3.05) is 0 Å². The maximum Gasteiger partial charge on any atom is 0.226 e. The van der Waals surface area contributed by atoms with Crippen molar-refractivity contribution in [3.8, 4) is 0 Å². The van der Waals surface area contributed by atoms with Crippen LogP contribution >= 0.6 is 0 Å². The molecule has 0 atom stereocenters. The number of hydrogen-bond acceptors (Lipinski definition) is 5. The van der Waals surface area contributed by atoms with Crippen molar-refractivity contribution in [2.45, 2.75) is 57.8 Å². The molecule has 0 bridgehead atoms. The van der Waals surface area contributed by atoms with Crippen LogP contribution in [0.25, 0.3) is 0 Å². The van der Waals surface area contributed by atoms with Gasteiger partial charge in [-0.2, -0.15) is 4.98 Å². The monoisotopic (exact) mass is 225 g/mol. The molecule has 0 aromatic carbocycles. The Kier molecular flexibility index (Phi) is 3.90. The minimum Gasteiger partial charge on any atom is -0.370 e. The Morgan fingerprint density at radius 1 is 1.38 bits per heavy atom. The molecule has 0 spiro atoms. The van der Waals surface area contributed by atoms with Crippen LogP contribution in [0.5, 0.6) is 0 Å². The first-order valence-electron chi connectivity index (χ1n) is 5.96. The van der Waals surface area contributed by atoms with E-state index in [9.17, 15) is 0 Å². The highest BCUT2D eigenvalue weighted by atomic mass is 16.5. The smallest absolute Gasteiger partial charge is 0.226 e. The number of hydrogen-bond donors (Lipinski definition) is 1. The topological polar surface area (TPSA) is 74.2 Å². The molecule has 1 aliphatic rings. The number of nitrogens with two attached hydrogens (primary N) is 1. The number of nitrogens with zero attached hydrogens (tertiary/aromatic N) is 2. The molecule has 16 heavy (non-hydrogen) atoms. The molecule has 90 valence electrons. The van der Waals surface area contributed by atoms with Gasteiger partial charge in [0.2, 0.25) is 5.89 Å². The van der Waals surface area contributed by atoms with Gasteiger partial charge in [0.25, 0.3) is 0 Å². The van der Waals surface area contributed by atoms with Crippen molar-refractivity contribution in [2.24, 2.45) is 5.73 Å². The summed E-state index contributed by atoms with van der Waals surface area (Å²) < 4.78 is 10.7. The Bertz CT molecular complexity index is 319. The van der Waals surface area contributed by atoms with E-state index in [1.54, 1.807) is 0 Å². The molecule has 1 fully saturated rings. The van der Waals surface area contributed by atoms with E-state index >= 15 is 0 Å². The summed E-state index contributed by atoms with van der Waals surface area (Å²) in [6, 6.07) is 0.358. The van der Waals surface area contributed by atoms with Gasteiger partial charge < -0.3 is 15.0 Å². The average Bonchev–Trinajstić information content (AvgIpc) is 2.76. The lowest BCUT2D eigenvalue weighted by molar-refractivity contribution is 0.00981. The Balaban J connectivity index is 1.74. The maximum atomic E-state index is 5.83. The fourth-order valence-corrected chi connectivity index (χ4v) is 1.94. The molecule has 1 aliphatic carbocycles. The van der Waals surface area contributed by atoms with Crippen LogP contribution in [0.15, 0.2) is 4.52 Å². The average molecular weight is 225 g/mol. The summed E-state index contributed by atoms with van der Waals surface area (Å²) in [5.41, 5.74) is 5.83. The minimum atomic E-state index is 0.309. The van der Waals surface area contributed by atoms with E-state index in [1.165, 1.54) is 0 Å². The van der Waals surface area contributed by atoms with Crippen LogP contribution in [0.3, 0.4) is 0 Å². The molecule has 5 heteroatoms. The molecule has 2 N–H and O–H groups in total. The Morgan fingerprint density at radius 2 is 2.12 bits per heavy atom. The van der Waals surface area contributed by atoms with Crippen molar-refractivity contribution in [3.05, 3.63) is 11.7 Å². The van der Waals surface area contributed by atoms with Crippen LogP contribution < -0.4 is 5.73 Å². The number of aromatic nitrogens is 2. The third-order valence-electron chi connectivity index (χ3n) is 2.98. The summed E-state index contributed by atoms with van der Waals surface area (Å²) in [5.74, 6) is 1.32. The van der Waals surface area contributed by atoms with Crippen molar-refractivity contribution < 1.29 is 9.26 Å². The molecular formula is C11H19N3O2. The van der Waals surface area contributed by atoms with E-state index in [4.69, 9.17) is 15.0 Å². The van der Waals surface area contributed by atoms with Gasteiger partial charge in [-0.25, -0.2) is 0 Å². The van der Waals surface area contributed by atoms with Crippen molar-refractivity contribution in [1.82, 2.24) is 10.1 Å². The van der Waals surface area contributed by atoms with Gasteiger partial charge in [0.1, 0.15) is 6.61 Å². The number of rotatable bonds is 4. The van der Waals surface area contributed by atoms with E-state index in [0.29, 0.717) is 30.5 Å². The zero-order valence-corrected chi connectivity index (χ0v) is 9.69.